The zero-order valence-corrected chi connectivity index (χ0v) is 28.1. The molecule has 1 aliphatic rings. The van der Waals surface area contributed by atoms with Crippen LogP contribution >= 0.6 is 7.60 Å². The molecule has 1 aliphatic carbocycles. The summed E-state index contributed by atoms with van der Waals surface area (Å²) in [6, 6.07) is 14.1. The van der Waals surface area contributed by atoms with Crippen LogP contribution in [-0.2, 0) is 23.2 Å². The van der Waals surface area contributed by atoms with Gasteiger partial charge in [-0.15, -0.1) is 0 Å². The molecule has 1 aromatic heterocycles. The van der Waals surface area contributed by atoms with Gasteiger partial charge in [0.1, 0.15) is 23.6 Å². The molecule has 3 aromatic carbocycles. The van der Waals surface area contributed by atoms with Crippen LogP contribution in [-0.4, -0.2) is 56.6 Å². The Balaban J connectivity index is 1.22. The van der Waals surface area contributed by atoms with Crippen molar-refractivity contribution < 1.29 is 46.2 Å². The van der Waals surface area contributed by atoms with Crippen molar-refractivity contribution in [3.05, 3.63) is 78.5 Å². The van der Waals surface area contributed by atoms with Gasteiger partial charge in [0, 0.05) is 41.6 Å². The summed E-state index contributed by atoms with van der Waals surface area (Å²) in [5.41, 5.74) is -0.296. The minimum Gasteiger partial charge on any atom is -0.493 e. The number of hydrogen-bond donors (Lipinski definition) is 3. The highest BCUT2D eigenvalue weighted by atomic mass is 31.2. The number of carbonyl (C=O) groups excluding carboxylic acids is 2. The molecule has 5 rings (SSSR count). The van der Waals surface area contributed by atoms with Crippen molar-refractivity contribution in [1.82, 2.24) is 10.3 Å². The van der Waals surface area contributed by atoms with E-state index >= 15 is 4.39 Å². The lowest BCUT2D eigenvalue weighted by atomic mass is 10.0. The van der Waals surface area contributed by atoms with Crippen LogP contribution in [0.5, 0.6) is 23.0 Å². The average Bonchev–Trinajstić information content (AvgIpc) is 3.89. The minimum absolute atomic E-state index is 0.0375. The topological polar surface area (TPSA) is 146 Å². The number of nitrogens with one attached hydrogen (secondary N) is 3. The number of methoxy groups -OCH3 is 1. The van der Waals surface area contributed by atoms with Gasteiger partial charge in [-0.2, -0.15) is 0 Å². The van der Waals surface area contributed by atoms with E-state index < -0.39 is 36.5 Å². The molecule has 1 fully saturated rings. The van der Waals surface area contributed by atoms with Crippen LogP contribution in [0.2, 0.25) is 0 Å². The molecule has 4 aromatic rings. The Morgan fingerprint density at radius 2 is 1.53 bits per heavy atom. The lowest BCUT2D eigenvalue weighted by Gasteiger charge is -2.18. The predicted molar refractivity (Wildman–Crippen MR) is 179 cm³/mol. The Labute approximate surface area is 282 Å². The summed E-state index contributed by atoms with van der Waals surface area (Å²) in [5.74, 6) is -1.31. The van der Waals surface area contributed by atoms with E-state index in [4.69, 9.17) is 23.3 Å². The van der Waals surface area contributed by atoms with Gasteiger partial charge in [0.05, 0.1) is 32.1 Å². The van der Waals surface area contributed by atoms with Gasteiger partial charge >= 0.3 is 7.60 Å². The number of amides is 2. The average molecular weight is 699 g/mol. The molecule has 0 radical (unpaired) electrons. The normalized spacial score (nSPS) is 13.5. The van der Waals surface area contributed by atoms with Crippen molar-refractivity contribution >= 4 is 41.7 Å². The summed E-state index contributed by atoms with van der Waals surface area (Å²) in [5, 5.41) is 8.80. The van der Waals surface area contributed by atoms with Crippen LogP contribution < -0.4 is 30.2 Å². The second-order valence-electron chi connectivity index (χ2n) is 11.0. The lowest BCUT2D eigenvalue weighted by Crippen LogP contribution is -2.35. The van der Waals surface area contributed by atoms with Gasteiger partial charge in [0.15, 0.2) is 23.1 Å². The fraction of sp³-hybridized carbons (Fsp3) is 0.324. The molecule has 1 saturated carbocycles. The molecule has 15 heteroatoms. The highest BCUT2D eigenvalue weighted by Crippen LogP contribution is 2.48. The van der Waals surface area contributed by atoms with Gasteiger partial charge in [-0.05, 0) is 75.2 Å². The molecular formula is C34H37F2N4O8P. The predicted octanol–water partition coefficient (Wildman–Crippen LogP) is 6.86. The Morgan fingerprint density at radius 1 is 0.857 bits per heavy atom. The third-order valence-electron chi connectivity index (χ3n) is 7.61. The summed E-state index contributed by atoms with van der Waals surface area (Å²) in [4.78, 5) is 30.3. The van der Waals surface area contributed by atoms with E-state index in [1.165, 1.54) is 49.7 Å². The number of nitrogens with zero attached hydrogens (tertiary/aromatic N) is 1. The molecule has 260 valence electrons. The zero-order chi connectivity index (χ0) is 35.0. The zero-order valence-electron chi connectivity index (χ0n) is 27.2. The van der Waals surface area contributed by atoms with Crippen molar-refractivity contribution in [2.45, 2.75) is 26.7 Å². The number of rotatable bonds is 17. The van der Waals surface area contributed by atoms with Gasteiger partial charge < -0.3 is 39.2 Å². The Morgan fingerprint density at radius 3 is 2.16 bits per heavy atom. The van der Waals surface area contributed by atoms with E-state index in [-0.39, 0.29) is 37.5 Å². The van der Waals surface area contributed by atoms with Crippen LogP contribution in [0.15, 0.2) is 66.9 Å². The Hall–Kier alpha value is -4.62. The molecule has 1 heterocycles. The third-order valence-corrected chi connectivity index (χ3v) is 9.53. The summed E-state index contributed by atoms with van der Waals surface area (Å²) in [7, 11) is -1.75. The maximum Gasteiger partial charge on any atom is 0.344 e. The van der Waals surface area contributed by atoms with E-state index in [0.29, 0.717) is 53.2 Å². The first-order valence-corrected chi connectivity index (χ1v) is 17.4. The van der Waals surface area contributed by atoms with E-state index in [1.54, 1.807) is 32.0 Å². The molecule has 0 aliphatic heterocycles. The molecule has 0 atom stereocenters. The number of fused-ring (bicyclic) bond motifs is 1. The van der Waals surface area contributed by atoms with Crippen LogP contribution in [0.4, 0.5) is 20.2 Å². The van der Waals surface area contributed by atoms with Crippen LogP contribution in [0.25, 0.3) is 10.9 Å². The summed E-state index contributed by atoms with van der Waals surface area (Å²) >= 11 is 0. The summed E-state index contributed by atoms with van der Waals surface area (Å²) in [6.45, 7) is 4.58. The van der Waals surface area contributed by atoms with Gasteiger partial charge in [0.25, 0.3) is 0 Å². The number of benzene rings is 3. The summed E-state index contributed by atoms with van der Waals surface area (Å²) < 4.78 is 69.0. The number of ether oxygens (including phenoxy) is 3. The number of halogens is 2. The monoisotopic (exact) mass is 698 g/mol. The van der Waals surface area contributed by atoms with E-state index in [1.807, 2.05) is 0 Å². The van der Waals surface area contributed by atoms with Gasteiger partial charge in [-0.1, -0.05) is 0 Å². The van der Waals surface area contributed by atoms with Crippen LogP contribution in [0.1, 0.15) is 26.7 Å². The second-order valence-corrected chi connectivity index (χ2v) is 13.1. The van der Waals surface area contributed by atoms with Gasteiger partial charge in [-0.3, -0.25) is 19.1 Å². The molecule has 0 bridgehead atoms. The highest BCUT2D eigenvalue weighted by Gasteiger charge is 2.56. The molecule has 3 N–H and O–H groups in total. The highest BCUT2D eigenvalue weighted by molar-refractivity contribution is 7.53. The van der Waals surface area contributed by atoms with Gasteiger partial charge in [0.2, 0.25) is 11.8 Å². The summed E-state index contributed by atoms with van der Waals surface area (Å²) in [6.07, 6.45) is 2.19. The molecule has 12 nitrogen and oxygen atoms in total. The molecule has 0 spiro atoms. The molecule has 0 saturated heterocycles. The number of anilines is 2. The largest absolute Gasteiger partial charge is 0.493 e. The smallest absolute Gasteiger partial charge is 0.344 e. The van der Waals surface area contributed by atoms with Crippen molar-refractivity contribution in [1.29, 1.82) is 0 Å². The fourth-order valence-electron chi connectivity index (χ4n) is 4.96. The second kappa shape index (κ2) is 15.7. The van der Waals surface area contributed by atoms with E-state index in [2.05, 4.69) is 20.9 Å². The number of hydrogen-bond acceptors (Lipinski definition) is 10. The Kier molecular flexibility index (Phi) is 11.5. The molecular weight excluding hydrogens is 661 g/mol. The first-order chi connectivity index (χ1) is 23.6. The van der Waals surface area contributed by atoms with E-state index in [0.717, 1.165) is 6.07 Å². The molecule has 2 amide bonds. The maximum absolute atomic E-state index is 15.3. The quantitative estimate of drug-likeness (QED) is 0.0607. The minimum atomic E-state index is -3.23. The first kappa shape index (κ1) is 35.7. The first-order valence-electron chi connectivity index (χ1n) is 15.6. The van der Waals surface area contributed by atoms with Crippen LogP contribution in [0.3, 0.4) is 0 Å². The van der Waals surface area contributed by atoms with Crippen molar-refractivity contribution in [3.63, 3.8) is 0 Å². The maximum atomic E-state index is 15.3. The SMILES string of the molecule is CCOP(=O)(CNCCOc1cc2nccc(Oc3ccc(NC(=O)C4(C(=O)Nc5ccc(F)cc5)CC4)cc3F)c2cc1OC)OCC. The fourth-order valence-corrected chi connectivity index (χ4v) is 6.43. The van der Waals surface area contributed by atoms with Crippen molar-refractivity contribution in [3.8, 4) is 23.0 Å². The number of pyridine rings is 1. The standard InChI is InChI=1S/C34H37F2N4O8P/c1-4-46-49(43,47-5-2)21-37-16-17-45-31-20-27-25(19-30(31)44-3)28(12-15-38-27)48-29-11-10-24(18-26(29)36)40-33(42)34(13-14-34)32(41)39-23-8-6-22(35)7-9-23/h6-12,15,18-20,37H,4-5,13-14,16-17,21H2,1-3H3,(H,39,41)(H,40,42). The molecule has 49 heavy (non-hydrogen) atoms. The van der Waals surface area contributed by atoms with Crippen molar-refractivity contribution in [2.75, 3.05) is 50.4 Å². The van der Waals surface area contributed by atoms with Crippen LogP contribution in [0, 0.1) is 17.0 Å². The lowest BCUT2D eigenvalue weighted by molar-refractivity contribution is -0.131. The number of aromatic nitrogens is 1. The van der Waals surface area contributed by atoms with Gasteiger partial charge in [-0.25, -0.2) is 8.78 Å². The third kappa shape index (κ3) is 8.70. The van der Waals surface area contributed by atoms with E-state index in [9.17, 15) is 18.5 Å². The molecule has 0 unspecified atom stereocenters. The number of carbonyl (C=O) groups is 2. The van der Waals surface area contributed by atoms with Crippen molar-refractivity contribution in [2.24, 2.45) is 5.41 Å². The Bertz CT molecular complexity index is 1850.